The molecule has 1 saturated heterocycles. The lowest BCUT2D eigenvalue weighted by atomic mass is 9.78. The third-order valence-corrected chi connectivity index (χ3v) is 12.3. The Balaban J connectivity index is 1.98. The Morgan fingerprint density at radius 3 is 1.91 bits per heavy atom. The van der Waals surface area contributed by atoms with Crippen molar-refractivity contribution in [3.05, 3.63) is 60.7 Å². The second kappa shape index (κ2) is 9.56. The Bertz CT molecular complexity index is 915. The molecule has 0 bridgehead atoms. The largest absolute Gasteiger partial charge is 0.465 e. The quantitative estimate of drug-likeness (QED) is 0.454. The predicted molar refractivity (Wildman–Crippen MR) is 141 cm³/mol. The van der Waals surface area contributed by atoms with Crippen LogP contribution in [0.1, 0.15) is 41.0 Å². The minimum atomic E-state index is -2.67. The lowest BCUT2D eigenvalue weighted by Gasteiger charge is -2.45. The van der Waals surface area contributed by atoms with E-state index in [0.29, 0.717) is 19.6 Å². The van der Waals surface area contributed by atoms with Crippen LogP contribution in [0.3, 0.4) is 0 Å². The van der Waals surface area contributed by atoms with Crippen LogP contribution in [0.2, 0.25) is 5.04 Å². The molecule has 3 rings (SSSR count). The summed E-state index contributed by atoms with van der Waals surface area (Å²) in [5.41, 5.74) is 5.62. The average molecular weight is 485 g/mol. The Morgan fingerprint density at radius 1 is 1.06 bits per heavy atom. The van der Waals surface area contributed by atoms with Crippen molar-refractivity contribution in [2.75, 3.05) is 13.2 Å². The van der Waals surface area contributed by atoms with Crippen LogP contribution < -0.4 is 16.1 Å². The molecule has 5 nitrogen and oxygen atoms in total. The van der Waals surface area contributed by atoms with E-state index in [2.05, 4.69) is 83.1 Å². The number of thiocarbonyl (C=S) groups is 1. The summed E-state index contributed by atoms with van der Waals surface area (Å²) in [4.78, 5) is 13.4. The van der Waals surface area contributed by atoms with Crippen LogP contribution in [-0.2, 0) is 4.43 Å². The van der Waals surface area contributed by atoms with E-state index in [1.807, 2.05) is 12.1 Å². The summed E-state index contributed by atoms with van der Waals surface area (Å²) in [7, 11) is -2.67. The number of nitrogens with zero attached hydrogens (tertiary/aromatic N) is 1. The molecule has 0 aliphatic carbocycles. The number of benzene rings is 2. The molecule has 1 aliphatic rings. The third kappa shape index (κ3) is 5.00. The minimum absolute atomic E-state index is 0.0957. The molecule has 1 amide bonds. The van der Waals surface area contributed by atoms with Crippen molar-refractivity contribution in [2.45, 2.75) is 52.1 Å². The van der Waals surface area contributed by atoms with Crippen LogP contribution in [0.5, 0.6) is 0 Å². The number of amides is 1. The molecule has 2 atom stereocenters. The van der Waals surface area contributed by atoms with E-state index in [1.165, 1.54) is 15.3 Å². The van der Waals surface area contributed by atoms with Crippen molar-refractivity contribution in [3.63, 3.8) is 0 Å². The Labute approximate surface area is 204 Å². The zero-order valence-corrected chi connectivity index (χ0v) is 22.1. The smallest absolute Gasteiger partial charge is 0.407 e. The van der Waals surface area contributed by atoms with Gasteiger partial charge in [0, 0.05) is 13.2 Å². The third-order valence-electron chi connectivity index (χ3n) is 7.06. The highest BCUT2D eigenvalue weighted by molar-refractivity contribution is 7.80. The van der Waals surface area contributed by atoms with Gasteiger partial charge in [-0.1, -0.05) is 108 Å². The number of hydrogen-bond acceptors (Lipinski definition) is 3. The molecular formula is C26H36N2O3SSi. The highest BCUT2D eigenvalue weighted by atomic mass is 32.1. The second-order valence-corrected chi connectivity index (χ2v) is 15.5. The first-order chi connectivity index (χ1) is 15.4. The monoisotopic (exact) mass is 484 g/mol. The van der Waals surface area contributed by atoms with Gasteiger partial charge >= 0.3 is 6.09 Å². The maximum absolute atomic E-state index is 11.8. The number of hydrogen-bond donors (Lipinski definition) is 2. The summed E-state index contributed by atoms with van der Waals surface area (Å²) in [6.45, 7) is 12.0. The molecule has 3 N–H and O–H groups in total. The fraction of sp³-hybridized carbons (Fsp3) is 0.462. The van der Waals surface area contributed by atoms with Crippen LogP contribution in [0, 0.1) is 11.3 Å². The molecule has 1 heterocycles. The standard InChI is InChI=1S/C26H36N2O3SSi/c1-25(2,3)33(20-12-8-6-9-13-20,21-14-10-7-11-15-21)31-18-26(4,5)19-16-22(23(27)32)28(17-19)24(29)30/h6-15,19,22H,16-18H2,1-5H3,(H2,27,32)(H,29,30)/t19-,22-/m0/s1. The SMILES string of the molecule is CC(C)(CO[Si](c1ccccc1)(c1ccccc1)C(C)(C)C)[C@H]1C[C@@H](C(N)=S)N(C(=O)O)C1. The molecule has 33 heavy (non-hydrogen) atoms. The summed E-state index contributed by atoms with van der Waals surface area (Å²) in [5.74, 6) is 0.0957. The van der Waals surface area contributed by atoms with Crippen LogP contribution in [-0.4, -0.2) is 48.6 Å². The van der Waals surface area contributed by atoms with E-state index in [0.717, 1.165) is 0 Å². The van der Waals surface area contributed by atoms with Gasteiger partial charge < -0.3 is 15.3 Å². The van der Waals surface area contributed by atoms with Crippen molar-refractivity contribution < 1.29 is 14.3 Å². The fourth-order valence-corrected chi connectivity index (χ4v) is 10.0. The number of carboxylic acid groups (broad SMARTS) is 1. The highest BCUT2D eigenvalue weighted by Gasteiger charge is 2.52. The van der Waals surface area contributed by atoms with E-state index in [4.69, 9.17) is 22.4 Å². The van der Waals surface area contributed by atoms with Gasteiger partial charge in [0.2, 0.25) is 0 Å². The molecule has 1 fully saturated rings. The molecule has 0 spiro atoms. The van der Waals surface area contributed by atoms with Gasteiger partial charge in [-0.15, -0.1) is 0 Å². The van der Waals surface area contributed by atoms with Gasteiger partial charge in [-0.3, -0.25) is 4.90 Å². The number of nitrogens with two attached hydrogens (primary N) is 1. The van der Waals surface area contributed by atoms with E-state index in [1.54, 1.807) is 0 Å². The van der Waals surface area contributed by atoms with E-state index >= 15 is 0 Å². The van der Waals surface area contributed by atoms with E-state index < -0.39 is 20.5 Å². The molecule has 2 aromatic rings. The minimum Gasteiger partial charge on any atom is -0.465 e. The fourth-order valence-electron chi connectivity index (χ4n) is 5.06. The maximum Gasteiger partial charge on any atom is 0.407 e. The zero-order valence-electron chi connectivity index (χ0n) is 20.2. The van der Waals surface area contributed by atoms with Gasteiger partial charge in [0.15, 0.2) is 0 Å². The van der Waals surface area contributed by atoms with Crippen LogP contribution in [0.15, 0.2) is 60.7 Å². The van der Waals surface area contributed by atoms with Crippen molar-refractivity contribution in [2.24, 2.45) is 17.1 Å². The number of carbonyl (C=O) groups is 1. The lowest BCUT2D eigenvalue weighted by molar-refractivity contribution is 0.104. The Kier molecular flexibility index (Phi) is 7.36. The highest BCUT2D eigenvalue weighted by Crippen LogP contribution is 2.41. The van der Waals surface area contributed by atoms with Gasteiger partial charge in [0.25, 0.3) is 8.32 Å². The lowest BCUT2D eigenvalue weighted by Crippen LogP contribution is -2.67. The van der Waals surface area contributed by atoms with Gasteiger partial charge in [-0.25, -0.2) is 4.79 Å². The summed E-state index contributed by atoms with van der Waals surface area (Å²) in [6.07, 6.45) is -0.349. The second-order valence-electron chi connectivity index (χ2n) is 10.7. The molecule has 7 heteroatoms. The Hall–Kier alpha value is -2.22. The molecule has 1 aliphatic heterocycles. The first kappa shape index (κ1) is 25.4. The molecular weight excluding hydrogens is 448 g/mol. The first-order valence-corrected chi connectivity index (χ1v) is 13.8. The molecule has 0 unspecified atom stereocenters. The normalized spacial score (nSPS) is 19.5. The van der Waals surface area contributed by atoms with Crippen molar-refractivity contribution in [3.8, 4) is 0 Å². The summed E-state index contributed by atoms with van der Waals surface area (Å²) >= 11 is 5.18. The molecule has 2 aromatic carbocycles. The maximum atomic E-state index is 11.8. The van der Waals surface area contributed by atoms with Gasteiger partial charge in [-0.05, 0) is 33.2 Å². The van der Waals surface area contributed by atoms with Gasteiger partial charge in [-0.2, -0.15) is 0 Å². The molecule has 0 saturated carbocycles. The molecule has 178 valence electrons. The topological polar surface area (TPSA) is 75.8 Å². The van der Waals surface area contributed by atoms with Crippen LogP contribution in [0.25, 0.3) is 0 Å². The zero-order chi connectivity index (χ0) is 24.4. The summed E-state index contributed by atoms with van der Waals surface area (Å²) < 4.78 is 7.14. The van der Waals surface area contributed by atoms with Gasteiger partial charge in [0.05, 0.1) is 11.0 Å². The number of likely N-dealkylation sites (tertiary alicyclic amines) is 1. The van der Waals surface area contributed by atoms with Crippen molar-refractivity contribution in [1.82, 2.24) is 4.90 Å². The van der Waals surface area contributed by atoms with Crippen molar-refractivity contribution >= 4 is 42.0 Å². The molecule has 0 aromatic heterocycles. The van der Waals surface area contributed by atoms with Crippen LogP contribution in [0.4, 0.5) is 4.79 Å². The average Bonchev–Trinajstić information content (AvgIpc) is 3.22. The van der Waals surface area contributed by atoms with Crippen molar-refractivity contribution in [1.29, 1.82) is 0 Å². The summed E-state index contributed by atoms with van der Waals surface area (Å²) in [6, 6.07) is 20.7. The van der Waals surface area contributed by atoms with E-state index in [9.17, 15) is 9.90 Å². The van der Waals surface area contributed by atoms with Crippen LogP contribution >= 0.6 is 12.2 Å². The number of rotatable bonds is 7. The van der Waals surface area contributed by atoms with E-state index in [-0.39, 0.29) is 21.4 Å². The molecule has 0 radical (unpaired) electrons. The Morgan fingerprint density at radius 2 is 1.55 bits per heavy atom. The predicted octanol–water partition coefficient (Wildman–Crippen LogP) is 4.24. The first-order valence-electron chi connectivity index (χ1n) is 11.4. The van der Waals surface area contributed by atoms with Gasteiger partial charge in [0.1, 0.15) is 0 Å². The summed E-state index contributed by atoms with van der Waals surface area (Å²) in [5, 5.41) is 12.0.